The summed E-state index contributed by atoms with van der Waals surface area (Å²) < 4.78 is 47.5. The number of ether oxygens (including phenoxy) is 1. The van der Waals surface area contributed by atoms with Gasteiger partial charge in [-0.25, -0.2) is 4.79 Å². The highest BCUT2D eigenvalue weighted by Gasteiger charge is 2.59. The minimum atomic E-state index is -5.04. The van der Waals surface area contributed by atoms with Crippen molar-refractivity contribution in [2.75, 3.05) is 0 Å². The molecule has 0 radical (unpaired) electrons. The molecule has 10 heteroatoms. The number of aliphatic hydroxyl groups is 2. The van der Waals surface area contributed by atoms with E-state index in [4.69, 9.17) is 21.4 Å². The first kappa shape index (κ1) is 23.6. The molecule has 32 heavy (non-hydrogen) atoms. The van der Waals surface area contributed by atoms with Crippen LogP contribution in [0.1, 0.15) is 28.8 Å². The number of aliphatic hydroxyl groups excluding tert-OH is 1. The largest absolute Gasteiger partial charge is 0.478 e. The lowest BCUT2D eigenvalue weighted by atomic mass is 9.77. The van der Waals surface area contributed by atoms with Gasteiger partial charge in [0.15, 0.2) is 5.60 Å². The highest BCUT2D eigenvalue weighted by Crippen LogP contribution is 2.48. The predicted octanol–water partition coefficient (Wildman–Crippen LogP) is 4.59. The molecule has 1 unspecified atom stereocenters. The second kappa shape index (κ2) is 8.85. The maximum atomic E-state index is 14.0. The van der Waals surface area contributed by atoms with Gasteiger partial charge in [0.1, 0.15) is 17.7 Å². The van der Waals surface area contributed by atoms with Crippen LogP contribution in [0.3, 0.4) is 0 Å². The first-order valence-corrected chi connectivity index (χ1v) is 9.74. The number of carbonyl (C=O) groups is 1. The van der Waals surface area contributed by atoms with Crippen LogP contribution in [0.4, 0.5) is 13.2 Å². The van der Waals surface area contributed by atoms with Crippen molar-refractivity contribution in [1.82, 2.24) is 5.32 Å². The monoisotopic (exact) mass is 469 g/mol. The van der Waals surface area contributed by atoms with E-state index >= 15 is 0 Å². The molecule has 0 aromatic heterocycles. The highest BCUT2D eigenvalue weighted by atomic mass is 35.5. The highest BCUT2D eigenvalue weighted by molar-refractivity contribution is 6.31. The Kier molecular flexibility index (Phi) is 6.54. The predicted molar refractivity (Wildman–Crippen MR) is 111 cm³/mol. The van der Waals surface area contributed by atoms with Crippen LogP contribution in [0.25, 0.3) is 0 Å². The molecule has 1 heterocycles. The number of hydrogen-bond donors (Lipinski definition) is 4. The summed E-state index contributed by atoms with van der Waals surface area (Å²) in [5.41, 5.74) is -3.66. The maximum Gasteiger partial charge on any atom is 0.422 e. The molecule has 0 aliphatic carbocycles. The van der Waals surface area contributed by atoms with Crippen LogP contribution < -0.4 is 10.1 Å². The van der Waals surface area contributed by atoms with Gasteiger partial charge in [0.05, 0.1) is 5.56 Å². The van der Waals surface area contributed by atoms with Crippen molar-refractivity contribution in [1.29, 1.82) is 0 Å². The Morgan fingerprint density at radius 1 is 1.16 bits per heavy atom. The molecule has 0 amide bonds. The van der Waals surface area contributed by atoms with E-state index in [9.17, 15) is 28.2 Å². The summed E-state index contributed by atoms with van der Waals surface area (Å²) in [6.45, 7) is 1.19. The number of dihydropyridines is 1. The minimum Gasteiger partial charge on any atom is -0.478 e. The van der Waals surface area contributed by atoms with Crippen molar-refractivity contribution in [3.8, 4) is 11.5 Å². The molecule has 0 fully saturated rings. The van der Waals surface area contributed by atoms with E-state index in [1.165, 1.54) is 49.4 Å². The Hall–Kier alpha value is -3.01. The number of carboxylic acids is 1. The molecule has 1 aliphatic heterocycles. The zero-order valence-corrected chi connectivity index (χ0v) is 17.4. The SMILES string of the molecule is C[C@@H](c1ccc(Oc2ccc(C(=O)O)cc2)cc1Cl)[C@](O)(C1=CNC(O)C=C1)C(F)(F)F. The quantitative estimate of drug-likeness (QED) is 0.494. The molecule has 0 saturated heterocycles. The molecule has 0 saturated carbocycles. The van der Waals surface area contributed by atoms with Crippen LogP contribution in [0.15, 0.2) is 66.4 Å². The zero-order valence-electron chi connectivity index (χ0n) is 16.6. The van der Waals surface area contributed by atoms with Gasteiger partial charge < -0.3 is 25.4 Å². The molecule has 2 aromatic rings. The number of hydrogen-bond acceptors (Lipinski definition) is 5. The van der Waals surface area contributed by atoms with Gasteiger partial charge in [-0.05, 0) is 48.0 Å². The van der Waals surface area contributed by atoms with Gasteiger partial charge >= 0.3 is 12.1 Å². The summed E-state index contributed by atoms with van der Waals surface area (Å²) in [5, 5.41) is 31.4. The number of carboxylic acid groups (broad SMARTS) is 1. The van der Waals surface area contributed by atoms with Crippen molar-refractivity contribution in [3.63, 3.8) is 0 Å². The first-order chi connectivity index (χ1) is 14.9. The van der Waals surface area contributed by atoms with Gasteiger partial charge in [-0.2, -0.15) is 13.2 Å². The smallest absolute Gasteiger partial charge is 0.422 e. The van der Waals surface area contributed by atoms with Crippen molar-refractivity contribution >= 4 is 17.6 Å². The van der Waals surface area contributed by atoms with Crippen LogP contribution in [-0.4, -0.2) is 39.3 Å². The summed E-state index contributed by atoms with van der Waals surface area (Å²) >= 11 is 6.25. The number of benzene rings is 2. The third-order valence-corrected chi connectivity index (χ3v) is 5.47. The third-order valence-electron chi connectivity index (χ3n) is 5.14. The summed E-state index contributed by atoms with van der Waals surface area (Å²) in [7, 11) is 0. The Labute approximate surface area is 186 Å². The molecule has 3 atom stereocenters. The van der Waals surface area contributed by atoms with Crippen LogP contribution in [-0.2, 0) is 0 Å². The fraction of sp³-hybridized carbons (Fsp3) is 0.227. The number of nitrogens with one attached hydrogen (secondary N) is 1. The van der Waals surface area contributed by atoms with Crippen molar-refractivity contribution in [2.45, 2.75) is 30.8 Å². The Morgan fingerprint density at radius 3 is 2.28 bits per heavy atom. The van der Waals surface area contributed by atoms with Gasteiger partial charge in [-0.15, -0.1) is 0 Å². The van der Waals surface area contributed by atoms with Gasteiger partial charge in [0.25, 0.3) is 0 Å². The van der Waals surface area contributed by atoms with Crippen LogP contribution in [0.5, 0.6) is 11.5 Å². The van der Waals surface area contributed by atoms with Crippen LogP contribution in [0, 0.1) is 0 Å². The Morgan fingerprint density at radius 2 is 1.78 bits per heavy atom. The average Bonchev–Trinajstić information content (AvgIpc) is 2.73. The molecular weight excluding hydrogens is 451 g/mol. The van der Waals surface area contributed by atoms with Crippen molar-refractivity contribution < 1.29 is 38.0 Å². The van der Waals surface area contributed by atoms with Crippen molar-refractivity contribution in [2.24, 2.45) is 0 Å². The standard InChI is InChI=1S/C22H19ClF3NO5/c1-12(21(31,22(24,25)26)14-4-9-19(28)27-11-14)17-8-7-16(10-18(17)23)32-15-5-2-13(3-6-15)20(29)30/h2-12,19,27-28,31H,1H3,(H,29,30)/t12-,19?,21-/m0/s1. The second-order valence-corrected chi connectivity index (χ2v) is 7.58. The minimum absolute atomic E-state index is 0.0282. The summed E-state index contributed by atoms with van der Waals surface area (Å²) in [5.74, 6) is -2.08. The van der Waals surface area contributed by atoms with Gasteiger partial charge in [0, 0.05) is 22.7 Å². The van der Waals surface area contributed by atoms with Gasteiger partial charge in [-0.1, -0.05) is 30.7 Å². The fourth-order valence-corrected chi connectivity index (χ4v) is 3.65. The van der Waals surface area contributed by atoms with E-state index in [-0.39, 0.29) is 21.9 Å². The lowest BCUT2D eigenvalue weighted by Crippen LogP contribution is -2.51. The molecule has 0 bridgehead atoms. The molecular formula is C22H19ClF3NO5. The van der Waals surface area contributed by atoms with Crippen molar-refractivity contribution in [3.05, 3.63) is 82.5 Å². The molecule has 1 aliphatic rings. The van der Waals surface area contributed by atoms with E-state index < -0.39 is 35.5 Å². The number of aromatic carboxylic acids is 1. The molecule has 170 valence electrons. The number of rotatable bonds is 6. The molecule has 0 spiro atoms. The summed E-state index contributed by atoms with van der Waals surface area (Å²) in [6.07, 6.45) is -3.18. The fourth-order valence-electron chi connectivity index (χ4n) is 3.32. The molecule has 3 rings (SSSR count). The molecule has 2 aromatic carbocycles. The maximum absolute atomic E-state index is 14.0. The Balaban J connectivity index is 1.89. The summed E-state index contributed by atoms with van der Waals surface area (Å²) in [6, 6.07) is 9.57. The number of halogens is 4. The van der Waals surface area contributed by atoms with E-state index in [2.05, 4.69) is 5.32 Å². The molecule has 4 N–H and O–H groups in total. The number of alkyl halides is 3. The lowest BCUT2D eigenvalue weighted by Gasteiger charge is -2.38. The van der Waals surface area contributed by atoms with Crippen LogP contribution >= 0.6 is 11.6 Å². The zero-order chi connectivity index (χ0) is 23.7. The third kappa shape index (κ3) is 4.59. The topological polar surface area (TPSA) is 99.0 Å². The first-order valence-electron chi connectivity index (χ1n) is 9.36. The van der Waals surface area contributed by atoms with Gasteiger partial charge in [0.2, 0.25) is 0 Å². The van der Waals surface area contributed by atoms with E-state index in [1.807, 2.05) is 0 Å². The summed E-state index contributed by atoms with van der Waals surface area (Å²) in [4.78, 5) is 10.9. The average molecular weight is 470 g/mol. The van der Waals surface area contributed by atoms with E-state index in [0.717, 1.165) is 18.4 Å². The second-order valence-electron chi connectivity index (χ2n) is 7.17. The van der Waals surface area contributed by atoms with E-state index in [1.54, 1.807) is 0 Å². The normalized spacial score (nSPS) is 18.8. The lowest BCUT2D eigenvalue weighted by molar-refractivity contribution is -0.250. The van der Waals surface area contributed by atoms with Crippen LogP contribution in [0.2, 0.25) is 5.02 Å². The van der Waals surface area contributed by atoms with E-state index in [0.29, 0.717) is 5.75 Å². The Bertz CT molecular complexity index is 1070. The molecule has 6 nitrogen and oxygen atoms in total. The van der Waals surface area contributed by atoms with Gasteiger partial charge in [-0.3, -0.25) is 0 Å².